The van der Waals surface area contributed by atoms with Crippen molar-refractivity contribution in [3.05, 3.63) is 70.4 Å². The summed E-state index contributed by atoms with van der Waals surface area (Å²) in [7, 11) is 1.30. The first-order chi connectivity index (χ1) is 12.5. The van der Waals surface area contributed by atoms with Crippen LogP contribution in [0.25, 0.3) is 0 Å². The fourth-order valence-corrected chi connectivity index (χ4v) is 2.85. The molecule has 2 aromatic carbocycles. The van der Waals surface area contributed by atoms with Crippen LogP contribution in [0.3, 0.4) is 0 Å². The van der Waals surface area contributed by atoms with Crippen LogP contribution >= 0.6 is 11.6 Å². The Hall–Kier alpha value is -2.99. The molecule has 1 heterocycles. The zero-order chi connectivity index (χ0) is 18.7. The van der Waals surface area contributed by atoms with Crippen LogP contribution in [0.1, 0.15) is 18.5 Å². The molecular weight excluding hydrogens is 356 g/mol. The molecule has 134 valence electrons. The number of carbonyl (C=O) groups excluding carboxylic acids is 2. The van der Waals surface area contributed by atoms with Crippen LogP contribution in [0.2, 0.25) is 5.02 Å². The summed E-state index contributed by atoms with van der Waals surface area (Å²) in [5, 5.41) is 5.95. The number of ether oxygens (including phenoxy) is 2. The van der Waals surface area contributed by atoms with Crippen molar-refractivity contribution in [3.8, 4) is 11.5 Å². The highest BCUT2D eigenvalue weighted by atomic mass is 35.5. The first-order valence-electron chi connectivity index (χ1n) is 7.88. The summed E-state index contributed by atoms with van der Waals surface area (Å²) in [5.74, 6) is 0.685. The van der Waals surface area contributed by atoms with E-state index in [0.29, 0.717) is 33.4 Å². The number of nitrogens with one attached hydrogen (secondary N) is 2. The average Bonchev–Trinajstić information content (AvgIpc) is 2.63. The predicted octanol–water partition coefficient (Wildman–Crippen LogP) is 3.93. The molecule has 0 saturated carbocycles. The largest absolute Gasteiger partial charge is 0.466 e. The first kappa shape index (κ1) is 17.8. The molecule has 6 nitrogen and oxygen atoms in total. The molecule has 1 atom stereocenters. The van der Waals surface area contributed by atoms with E-state index in [1.165, 1.54) is 7.11 Å². The van der Waals surface area contributed by atoms with Crippen molar-refractivity contribution in [3.63, 3.8) is 0 Å². The fourth-order valence-electron chi connectivity index (χ4n) is 2.72. The van der Waals surface area contributed by atoms with Crippen molar-refractivity contribution >= 4 is 23.6 Å². The Labute approximate surface area is 155 Å². The van der Waals surface area contributed by atoms with Gasteiger partial charge in [-0.1, -0.05) is 23.7 Å². The number of esters is 1. The van der Waals surface area contributed by atoms with Gasteiger partial charge in [-0.15, -0.1) is 0 Å². The number of urea groups is 1. The van der Waals surface area contributed by atoms with Crippen LogP contribution in [0.15, 0.2) is 59.8 Å². The molecule has 0 radical (unpaired) electrons. The maximum Gasteiger partial charge on any atom is 0.337 e. The van der Waals surface area contributed by atoms with Gasteiger partial charge in [-0.3, -0.25) is 0 Å². The van der Waals surface area contributed by atoms with Gasteiger partial charge in [0.25, 0.3) is 0 Å². The van der Waals surface area contributed by atoms with Crippen molar-refractivity contribution in [2.75, 3.05) is 7.11 Å². The third kappa shape index (κ3) is 3.81. The van der Waals surface area contributed by atoms with Crippen LogP contribution in [-0.2, 0) is 9.53 Å². The Bertz CT molecular complexity index is 877. The van der Waals surface area contributed by atoms with Crippen LogP contribution in [0, 0.1) is 0 Å². The Balaban J connectivity index is 1.92. The van der Waals surface area contributed by atoms with Crippen LogP contribution < -0.4 is 15.4 Å². The van der Waals surface area contributed by atoms with Gasteiger partial charge in [0, 0.05) is 10.7 Å². The van der Waals surface area contributed by atoms with Crippen LogP contribution in [-0.4, -0.2) is 19.1 Å². The smallest absolute Gasteiger partial charge is 0.337 e. The molecule has 2 N–H and O–H groups in total. The molecule has 26 heavy (non-hydrogen) atoms. The predicted molar refractivity (Wildman–Crippen MR) is 97.1 cm³/mol. The summed E-state index contributed by atoms with van der Waals surface area (Å²) in [4.78, 5) is 24.0. The second kappa shape index (κ2) is 7.49. The fraction of sp³-hybridized carbons (Fsp3) is 0.158. The summed E-state index contributed by atoms with van der Waals surface area (Å²) < 4.78 is 10.7. The van der Waals surface area contributed by atoms with Gasteiger partial charge in [0.15, 0.2) is 0 Å². The normalized spacial score (nSPS) is 16.6. The highest BCUT2D eigenvalue weighted by Crippen LogP contribution is 2.31. The lowest BCUT2D eigenvalue weighted by molar-refractivity contribution is -0.136. The number of amides is 2. The SMILES string of the molecule is COC(=O)C1=C(C)NC(=O)N[C@H]1c1cccc(Oc2ccc(Cl)cc2)c1. The zero-order valence-electron chi connectivity index (χ0n) is 14.2. The van der Waals surface area contributed by atoms with Crippen molar-refractivity contribution in [1.29, 1.82) is 0 Å². The van der Waals surface area contributed by atoms with E-state index in [-0.39, 0.29) is 6.03 Å². The van der Waals surface area contributed by atoms with Crippen molar-refractivity contribution in [1.82, 2.24) is 10.6 Å². The van der Waals surface area contributed by atoms with E-state index in [9.17, 15) is 9.59 Å². The molecule has 0 fully saturated rings. The number of halogens is 1. The summed E-state index contributed by atoms with van der Waals surface area (Å²) in [6.07, 6.45) is 0. The third-order valence-corrected chi connectivity index (χ3v) is 4.17. The third-order valence-electron chi connectivity index (χ3n) is 3.92. The van der Waals surface area contributed by atoms with Crippen LogP contribution in [0.5, 0.6) is 11.5 Å². The quantitative estimate of drug-likeness (QED) is 0.797. The van der Waals surface area contributed by atoms with Gasteiger partial charge < -0.3 is 20.1 Å². The summed E-state index contributed by atoms with van der Waals surface area (Å²) in [6, 6.07) is 13.1. The standard InChI is InChI=1S/C19H17ClN2O4/c1-11-16(18(23)25-2)17(22-19(24)21-11)12-4-3-5-15(10-12)26-14-8-6-13(20)7-9-14/h3-10,17H,1-2H3,(H2,21,22,24)/t17-/m0/s1. The summed E-state index contributed by atoms with van der Waals surface area (Å²) >= 11 is 5.88. The number of allylic oxidation sites excluding steroid dienone is 1. The first-order valence-corrected chi connectivity index (χ1v) is 8.25. The van der Waals surface area contributed by atoms with Gasteiger partial charge in [-0.05, 0) is 48.9 Å². The van der Waals surface area contributed by atoms with Gasteiger partial charge in [0.1, 0.15) is 11.5 Å². The summed E-state index contributed by atoms with van der Waals surface area (Å²) in [6.45, 7) is 1.66. The average molecular weight is 373 g/mol. The maximum atomic E-state index is 12.2. The van der Waals surface area contributed by atoms with Gasteiger partial charge in [-0.2, -0.15) is 0 Å². The lowest BCUT2D eigenvalue weighted by Crippen LogP contribution is -2.45. The Kier molecular flexibility index (Phi) is 5.14. The molecule has 7 heteroatoms. The van der Waals surface area contributed by atoms with Crippen molar-refractivity contribution in [2.24, 2.45) is 0 Å². The minimum Gasteiger partial charge on any atom is -0.466 e. The molecule has 2 amide bonds. The number of methoxy groups -OCH3 is 1. The minimum absolute atomic E-state index is 0.343. The minimum atomic E-state index is -0.634. The molecule has 1 aliphatic heterocycles. The molecular formula is C19H17ClN2O4. The van der Waals surface area contributed by atoms with E-state index in [4.69, 9.17) is 21.1 Å². The molecule has 0 aliphatic carbocycles. The highest BCUT2D eigenvalue weighted by molar-refractivity contribution is 6.30. The Morgan fingerprint density at radius 3 is 2.54 bits per heavy atom. The van der Waals surface area contributed by atoms with Gasteiger partial charge >= 0.3 is 12.0 Å². The van der Waals surface area contributed by atoms with Crippen molar-refractivity contribution < 1.29 is 19.1 Å². The summed E-state index contributed by atoms with van der Waals surface area (Å²) in [5.41, 5.74) is 1.50. The molecule has 0 aromatic heterocycles. The van der Waals surface area contributed by atoms with Gasteiger partial charge in [-0.25, -0.2) is 9.59 Å². The highest BCUT2D eigenvalue weighted by Gasteiger charge is 2.31. The van der Waals surface area contributed by atoms with E-state index in [2.05, 4.69) is 10.6 Å². The lowest BCUT2D eigenvalue weighted by atomic mass is 9.95. The Morgan fingerprint density at radius 1 is 1.12 bits per heavy atom. The van der Waals surface area contributed by atoms with E-state index in [1.54, 1.807) is 55.5 Å². The second-order valence-corrected chi connectivity index (χ2v) is 6.13. The van der Waals surface area contributed by atoms with E-state index < -0.39 is 12.0 Å². The number of benzene rings is 2. The lowest BCUT2D eigenvalue weighted by Gasteiger charge is -2.28. The van der Waals surface area contributed by atoms with Gasteiger partial charge in [0.05, 0.1) is 18.7 Å². The topological polar surface area (TPSA) is 76.7 Å². The number of hydrogen-bond acceptors (Lipinski definition) is 4. The number of hydrogen-bond donors (Lipinski definition) is 2. The molecule has 0 saturated heterocycles. The van der Waals surface area contributed by atoms with Crippen LogP contribution in [0.4, 0.5) is 4.79 Å². The second-order valence-electron chi connectivity index (χ2n) is 5.69. The van der Waals surface area contributed by atoms with E-state index in [0.717, 1.165) is 0 Å². The molecule has 2 aromatic rings. The van der Waals surface area contributed by atoms with Crippen molar-refractivity contribution in [2.45, 2.75) is 13.0 Å². The van der Waals surface area contributed by atoms with E-state index in [1.807, 2.05) is 0 Å². The monoisotopic (exact) mass is 372 g/mol. The molecule has 0 unspecified atom stereocenters. The van der Waals surface area contributed by atoms with E-state index >= 15 is 0 Å². The number of carbonyl (C=O) groups is 2. The number of rotatable bonds is 4. The zero-order valence-corrected chi connectivity index (χ0v) is 15.0. The Morgan fingerprint density at radius 2 is 1.85 bits per heavy atom. The van der Waals surface area contributed by atoms with Gasteiger partial charge in [0.2, 0.25) is 0 Å². The molecule has 0 spiro atoms. The maximum absolute atomic E-state index is 12.2. The molecule has 3 rings (SSSR count). The molecule has 0 bridgehead atoms. The molecule has 1 aliphatic rings.